The van der Waals surface area contributed by atoms with Gasteiger partial charge in [-0.1, -0.05) is 0 Å². The van der Waals surface area contributed by atoms with Crippen LogP contribution in [0, 0.1) is 0 Å². The molecule has 1 aliphatic rings. The molecule has 82 valence electrons. The highest BCUT2D eigenvalue weighted by molar-refractivity contribution is 9.10. The van der Waals surface area contributed by atoms with E-state index in [0.717, 1.165) is 19.4 Å². The maximum Gasteiger partial charge on any atom is 0.328 e. The van der Waals surface area contributed by atoms with Crippen molar-refractivity contribution in [3.63, 3.8) is 0 Å². The molecule has 0 saturated carbocycles. The van der Waals surface area contributed by atoms with E-state index in [-0.39, 0.29) is 11.2 Å². The molecule has 1 saturated heterocycles. The molecule has 6 heteroatoms. The van der Waals surface area contributed by atoms with Gasteiger partial charge in [-0.2, -0.15) is 0 Å². The predicted octanol–water partition coefficient (Wildman–Crippen LogP) is 0.0511. The third-order valence-electron chi connectivity index (χ3n) is 2.55. The Bertz CT molecular complexity index is 459. The van der Waals surface area contributed by atoms with E-state index in [4.69, 9.17) is 0 Å². The molecule has 0 radical (unpaired) electrons. The van der Waals surface area contributed by atoms with Crippen LogP contribution in [0.5, 0.6) is 0 Å². The summed E-state index contributed by atoms with van der Waals surface area (Å²) in [7, 11) is 0. The molecular formula is C9H12BrN3O2. The molecule has 2 rings (SSSR count). The van der Waals surface area contributed by atoms with Gasteiger partial charge in [-0.15, -0.1) is 0 Å². The van der Waals surface area contributed by atoms with Crippen molar-refractivity contribution in [1.82, 2.24) is 14.9 Å². The Morgan fingerprint density at radius 2 is 2.33 bits per heavy atom. The van der Waals surface area contributed by atoms with E-state index in [2.05, 4.69) is 26.2 Å². The van der Waals surface area contributed by atoms with Gasteiger partial charge < -0.3 is 5.32 Å². The summed E-state index contributed by atoms with van der Waals surface area (Å²) in [6, 6.07) is 0.334. The van der Waals surface area contributed by atoms with Gasteiger partial charge >= 0.3 is 5.69 Å². The van der Waals surface area contributed by atoms with Gasteiger partial charge in [0.15, 0.2) is 0 Å². The minimum absolute atomic E-state index is 0.334. The molecule has 2 heterocycles. The fourth-order valence-corrected chi connectivity index (χ4v) is 2.11. The minimum Gasteiger partial charge on any atom is -0.312 e. The highest BCUT2D eigenvalue weighted by atomic mass is 79.9. The smallest absolute Gasteiger partial charge is 0.312 e. The van der Waals surface area contributed by atoms with E-state index in [0.29, 0.717) is 17.1 Å². The molecule has 2 N–H and O–H groups in total. The molecule has 1 atom stereocenters. The van der Waals surface area contributed by atoms with E-state index >= 15 is 0 Å². The van der Waals surface area contributed by atoms with Crippen LogP contribution in [0.4, 0.5) is 0 Å². The molecule has 0 aliphatic carbocycles. The van der Waals surface area contributed by atoms with Gasteiger partial charge in [0, 0.05) is 18.8 Å². The van der Waals surface area contributed by atoms with Gasteiger partial charge in [-0.25, -0.2) is 4.79 Å². The average molecular weight is 274 g/mol. The lowest BCUT2D eigenvalue weighted by Gasteiger charge is -2.11. The van der Waals surface area contributed by atoms with Crippen molar-refractivity contribution in [1.29, 1.82) is 0 Å². The van der Waals surface area contributed by atoms with Crippen LogP contribution in [0.2, 0.25) is 0 Å². The van der Waals surface area contributed by atoms with E-state index in [9.17, 15) is 9.59 Å². The van der Waals surface area contributed by atoms with Crippen molar-refractivity contribution < 1.29 is 0 Å². The summed E-state index contributed by atoms with van der Waals surface area (Å²) in [4.78, 5) is 24.8. The van der Waals surface area contributed by atoms with Gasteiger partial charge in [-0.3, -0.25) is 14.3 Å². The van der Waals surface area contributed by atoms with E-state index in [1.54, 1.807) is 6.20 Å². The molecule has 0 aromatic carbocycles. The molecule has 0 spiro atoms. The summed E-state index contributed by atoms with van der Waals surface area (Å²) in [5.74, 6) is 0. The average Bonchev–Trinajstić information content (AvgIpc) is 2.67. The summed E-state index contributed by atoms with van der Waals surface area (Å²) in [5, 5.41) is 3.30. The summed E-state index contributed by atoms with van der Waals surface area (Å²) in [6.45, 7) is 1.61. The molecule has 1 aromatic heterocycles. The second kappa shape index (κ2) is 4.32. The molecular weight excluding hydrogens is 262 g/mol. The van der Waals surface area contributed by atoms with Crippen molar-refractivity contribution in [2.75, 3.05) is 6.54 Å². The van der Waals surface area contributed by atoms with Gasteiger partial charge in [0.25, 0.3) is 5.56 Å². The van der Waals surface area contributed by atoms with Crippen LogP contribution in [0.3, 0.4) is 0 Å². The monoisotopic (exact) mass is 273 g/mol. The number of H-pyrrole nitrogens is 1. The molecule has 15 heavy (non-hydrogen) atoms. The molecule has 0 amide bonds. The van der Waals surface area contributed by atoms with Crippen LogP contribution in [0.15, 0.2) is 20.3 Å². The number of hydrogen-bond donors (Lipinski definition) is 2. The summed E-state index contributed by atoms with van der Waals surface area (Å²) in [5.41, 5.74) is -0.729. The summed E-state index contributed by atoms with van der Waals surface area (Å²) in [6.07, 6.45) is 3.76. The fraction of sp³-hybridized carbons (Fsp3) is 0.556. The second-order valence-corrected chi connectivity index (χ2v) is 4.54. The van der Waals surface area contributed by atoms with Crippen LogP contribution in [-0.2, 0) is 6.54 Å². The van der Waals surface area contributed by atoms with Gasteiger partial charge in [0.2, 0.25) is 0 Å². The van der Waals surface area contributed by atoms with Crippen molar-refractivity contribution >= 4 is 15.9 Å². The number of nitrogens with zero attached hydrogens (tertiary/aromatic N) is 1. The lowest BCUT2D eigenvalue weighted by molar-refractivity contribution is 0.491. The van der Waals surface area contributed by atoms with Crippen LogP contribution in [0.1, 0.15) is 12.8 Å². The Hall–Kier alpha value is -0.880. The first-order valence-electron chi connectivity index (χ1n) is 4.89. The Kier molecular flexibility index (Phi) is 3.06. The third kappa shape index (κ3) is 2.38. The molecule has 1 aliphatic heterocycles. The Labute approximate surface area is 94.6 Å². The van der Waals surface area contributed by atoms with E-state index < -0.39 is 0 Å². The van der Waals surface area contributed by atoms with Crippen LogP contribution < -0.4 is 16.6 Å². The van der Waals surface area contributed by atoms with Gasteiger partial charge in [-0.05, 0) is 35.3 Å². The predicted molar refractivity (Wildman–Crippen MR) is 60.0 cm³/mol. The number of aromatic amines is 1. The topological polar surface area (TPSA) is 66.9 Å². The van der Waals surface area contributed by atoms with E-state index in [1.165, 1.54) is 4.57 Å². The molecule has 0 bridgehead atoms. The first-order chi connectivity index (χ1) is 7.16. The first kappa shape index (κ1) is 10.6. The zero-order chi connectivity index (χ0) is 10.8. The number of hydrogen-bond acceptors (Lipinski definition) is 3. The third-order valence-corrected chi connectivity index (χ3v) is 3.11. The Morgan fingerprint density at radius 3 is 3.00 bits per heavy atom. The van der Waals surface area contributed by atoms with Crippen LogP contribution >= 0.6 is 15.9 Å². The first-order valence-corrected chi connectivity index (χ1v) is 5.69. The van der Waals surface area contributed by atoms with Crippen LogP contribution in [-0.4, -0.2) is 22.1 Å². The molecule has 1 aromatic rings. The summed E-state index contributed by atoms with van der Waals surface area (Å²) < 4.78 is 1.91. The standard InChI is InChI=1S/C9H12BrN3O2/c10-7-5-13(9(15)12-8(7)14)4-6-2-1-3-11-6/h5-6,11H,1-4H2,(H,12,14,15)/t6-/m1/s1. The maximum absolute atomic E-state index is 11.4. The SMILES string of the molecule is O=c1[nH]c(=O)n(C[C@H]2CCCN2)cc1Br. The molecule has 1 fully saturated rings. The Balaban J connectivity index is 2.24. The Morgan fingerprint density at radius 1 is 1.53 bits per heavy atom. The van der Waals surface area contributed by atoms with Gasteiger partial charge in [0.05, 0.1) is 4.47 Å². The second-order valence-electron chi connectivity index (χ2n) is 3.68. The van der Waals surface area contributed by atoms with Crippen molar-refractivity contribution in [2.45, 2.75) is 25.4 Å². The van der Waals surface area contributed by atoms with Crippen molar-refractivity contribution in [3.05, 3.63) is 31.5 Å². The highest BCUT2D eigenvalue weighted by Gasteiger charge is 2.15. The molecule has 5 nitrogen and oxygen atoms in total. The zero-order valence-electron chi connectivity index (χ0n) is 8.12. The minimum atomic E-state index is -0.379. The lowest BCUT2D eigenvalue weighted by atomic mass is 10.2. The van der Waals surface area contributed by atoms with E-state index in [1.807, 2.05) is 0 Å². The fourth-order valence-electron chi connectivity index (χ4n) is 1.77. The maximum atomic E-state index is 11.4. The molecule has 0 unspecified atom stereocenters. The number of rotatable bonds is 2. The number of nitrogens with one attached hydrogen (secondary N) is 2. The summed E-state index contributed by atoms with van der Waals surface area (Å²) >= 11 is 3.11. The lowest BCUT2D eigenvalue weighted by Crippen LogP contribution is -2.36. The number of halogens is 1. The van der Waals surface area contributed by atoms with Crippen LogP contribution in [0.25, 0.3) is 0 Å². The normalized spacial score (nSPS) is 20.7. The van der Waals surface area contributed by atoms with Crippen molar-refractivity contribution in [3.8, 4) is 0 Å². The zero-order valence-corrected chi connectivity index (χ0v) is 9.71. The quantitative estimate of drug-likeness (QED) is 0.801. The number of aromatic nitrogens is 2. The van der Waals surface area contributed by atoms with Crippen molar-refractivity contribution in [2.24, 2.45) is 0 Å². The van der Waals surface area contributed by atoms with Gasteiger partial charge in [0.1, 0.15) is 0 Å². The highest BCUT2D eigenvalue weighted by Crippen LogP contribution is 2.07. The largest absolute Gasteiger partial charge is 0.328 e.